The fourth-order valence-electron chi connectivity index (χ4n) is 3.17. The predicted molar refractivity (Wildman–Crippen MR) is 98.8 cm³/mol. The van der Waals surface area contributed by atoms with Crippen LogP contribution in [-0.2, 0) is 4.79 Å². The van der Waals surface area contributed by atoms with Gasteiger partial charge in [-0.15, -0.1) is 10.2 Å². The van der Waals surface area contributed by atoms with Crippen molar-refractivity contribution in [3.05, 3.63) is 42.3 Å². The normalized spacial score (nSPS) is 14.6. The van der Waals surface area contributed by atoms with Gasteiger partial charge in [0.15, 0.2) is 0 Å². The van der Waals surface area contributed by atoms with Crippen molar-refractivity contribution >= 4 is 23.5 Å². The van der Waals surface area contributed by atoms with E-state index in [0.717, 1.165) is 24.6 Å². The minimum absolute atomic E-state index is 0.0929. The Morgan fingerprint density at radius 3 is 2.89 bits per heavy atom. The number of carbonyl (C=O) groups is 1. The lowest BCUT2D eigenvalue weighted by Crippen LogP contribution is -2.19. The standard InChI is InChI=1S/C18H18FN5O2S/c19-14-8-4-3-7-13(14)17-22-23-18(26-17)27-11-16(25)21-15-9-10-20-24(15)12-5-1-2-6-12/h3-4,7-10,12H,1-2,5-6,11H2,(H,21,25). The van der Waals surface area contributed by atoms with Crippen molar-refractivity contribution in [3.63, 3.8) is 0 Å². The van der Waals surface area contributed by atoms with Crippen molar-refractivity contribution in [1.82, 2.24) is 20.0 Å². The first-order valence-corrected chi connectivity index (χ1v) is 9.74. The third kappa shape index (κ3) is 4.02. The summed E-state index contributed by atoms with van der Waals surface area (Å²) >= 11 is 1.11. The summed E-state index contributed by atoms with van der Waals surface area (Å²) in [6.45, 7) is 0. The highest BCUT2D eigenvalue weighted by atomic mass is 32.2. The summed E-state index contributed by atoms with van der Waals surface area (Å²) in [6, 6.07) is 8.31. The first kappa shape index (κ1) is 17.7. The number of thioether (sulfide) groups is 1. The molecule has 1 saturated carbocycles. The monoisotopic (exact) mass is 387 g/mol. The van der Waals surface area contributed by atoms with E-state index in [1.54, 1.807) is 30.5 Å². The van der Waals surface area contributed by atoms with E-state index in [-0.39, 0.29) is 28.3 Å². The van der Waals surface area contributed by atoms with Crippen LogP contribution in [0.2, 0.25) is 0 Å². The summed E-state index contributed by atoms with van der Waals surface area (Å²) in [5.74, 6) is 0.274. The fraction of sp³-hybridized carbons (Fsp3) is 0.333. The maximum Gasteiger partial charge on any atom is 0.277 e. The third-order valence-electron chi connectivity index (χ3n) is 4.45. The van der Waals surface area contributed by atoms with Gasteiger partial charge >= 0.3 is 0 Å². The molecule has 1 aromatic carbocycles. The highest BCUT2D eigenvalue weighted by Crippen LogP contribution is 2.31. The van der Waals surface area contributed by atoms with Gasteiger partial charge in [-0.05, 0) is 25.0 Å². The van der Waals surface area contributed by atoms with Crippen LogP contribution >= 0.6 is 11.8 Å². The number of hydrogen-bond donors (Lipinski definition) is 1. The zero-order valence-corrected chi connectivity index (χ0v) is 15.3. The summed E-state index contributed by atoms with van der Waals surface area (Å²) in [4.78, 5) is 12.3. The molecule has 9 heteroatoms. The van der Waals surface area contributed by atoms with Gasteiger partial charge in [-0.2, -0.15) is 5.10 Å². The van der Waals surface area contributed by atoms with Gasteiger partial charge in [0.25, 0.3) is 11.1 Å². The Morgan fingerprint density at radius 2 is 2.07 bits per heavy atom. The molecule has 0 bridgehead atoms. The summed E-state index contributed by atoms with van der Waals surface area (Å²) in [6.07, 6.45) is 6.24. The van der Waals surface area contributed by atoms with Crippen LogP contribution in [0.3, 0.4) is 0 Å². The molecule has 3 aromatic rings. The van der Waals surface area contributed by atoms with Crippen LogP contribution in [0.25, 0.3) is 11.5 Å². The molecule has 2 aromatic heterocycles. The van der Waals surface area contributed by atoms with E-state index in [4.69, 9.17) is 4.42 Å². The number of benzene rings is 1. The average Bonchev–Trinajstić information content (AvgIpc) is 3.42. The van der Waals surface area contributed by atoms with Crippen molar-refractivity contribution in [1.29, 1.82) is 0 Å². The molecule has 1 aliphatic rings. The van der Waals surface area contributed by atoms with Crippen molar-refractivity contribution in [3.8, 4) is 11.5 Å². The highest BCUT2D eigenvalue weighted by molar-refractivity contribution is 7.99. The number of amides is 1. The molecule has 1 amide bonds. The number of anilines is 1. The second kappa shape index (κ2) is 7.91. The van der Waals surface area contributed by atoms with Crippen LogP contribution < -0.4 is 5.32 Å². The molecule has 0 spiro atoms. The van der Waals surface area contributed by atoms with E-state index >= 15 is 0 Å². The van der Waals surface area contributed by atoms with E-state index in [2.05, 4.69) is 20.6 Å². The van der Waals surface area contributed by atoms with Crippen LogP contribution in [0, 0.1) is 5.82 Å². The van der Waals surface area contributed by atoms with Gasteiger partial charge in [0.2, 0.25) is 5.91 Å². The van der Waals surface area contributed by atoms with Gasteiger partial charge in [0, 0.05) is 6.07 Å². The summed E-state index contributed by atoms with van der Waals surface area (Å²) in [7, 11) is 0. The number of rotatable bonds is 6. The summed E-state index contributed by atoms with van der Waals surface area (Å²) < 4.78 is 21.1. The number of carbonyl (C=O) groups excluding carboxylic acids is 1. The van der Waals surface area contributed by atoms with E-state index in [1.165, 1.54) is 18.9 Å². The van der Waals surface area contributed by atoms with Crippen molar-refractivity contribution in [2.24, 2.45) is 0 Å². The van der Waals surface area contributed by atoms with E-state index < -0.39 is 5.82 Å². The van der Waals surface area contributed by atoms with Gasteiger partial charge in [0.05, 0.1) is 23.6 Å². The molecule has 4 rings (SSSR count). The average molecular weight is 387 g/mol. The largest absolute Gasteiger partial charge is 0.411 e. The Balaban J connectivity index is 1.35. The molecule has 0 aliphatic heterocycles. The van der Waals surface area contributed by atoms with Crippen LogP contribution in [-0.4, -0.2) is 31.6 Å². The quantitative estimate of drug-likeness (QED) is 0.645. The molecule has 7 nitrogen and oxygen atoms in total. The molecule has 2 heterocycles. The van der Waals surface area contributed by atoms with Crippen molar-refractivity contribution in [2.75, 3.05) is 11.1 Å². The minimum Gasteiger partial charge on any atom is -0.411 e. The van der Waals surface area contributed by atoms with Gasteiger partial charge in [-0.25, -0.2) is 9.07 Å². The zero-order chi connectivity index (χ0) is 18.6. The predicted octanol–water partition coefficient (Wildman–Crippen LogP) is 3.92. The Bertz CT molecular complexity index is 935. The molecule has 1 fully saturated rings. The van der Waals surface area contributed by atoms with Gasteiger partial charge < -0.3 is 9.73 Å². The Labute approximate surface area is 159 Å². The molecular weight excluding hydrogens is 369 g/mol. The minimum atomic E-state index is -0.435. The molecule has 1 aliphatic carbocycles. The van der Waals surface area contributed by atoms with Gasteiger partial charge in [0.1, 0.15) is 11.6 Å². The van der Waals surface area contributed by atoms with Crippen LogP contribution in [0.5, 0.6) is 0 Å². The molecule has 0 atom stereocenters. The fourth-order valence-corrected chi connectivity index (χ4v) is 3.73. The van der Waals surface area contributed by atoms with Crippen LogP contribution in [0.15, 0.2) is 46.2 Å². The lowest BCUT2D eigenvalue weighted by Gasteiger charge is -2.14. The summed E-state index contributed by atoms with van der Waals surface area (Å²) in [5.41, 5.74) is 0.238. The van der Waals surface area contributed by atoms with E-state index in [0.29, 0.717) is 11.9 Å². The maximum atomic E-state index is 13.8. The number of aromatic nitrogens is 4. The molecular formula is C18H18FN5O2S. The molecule has 0 radical (unpaired) electrons. The summed E-state index contributed by atoms with van der Waals surface area (Å²) in [5, 5.41) is 15.1. The lowest BCUT2D eigenvalue weighted by atomic mass is 10.2. The number of hydrogen-bond acceptors (Lipinski definition) is 6. The third-order valence-corrected chi connectivity index (χ3v) is 5.26. The Kier molecular flexibility index (Phi) is 5.19. The van der Waals surface area contributed by atoms with Crippen molar-refractivity contribution < 1.29 is 13.6 Å². The maximum absolute atomic E-state index is 13.8. The van der Waals surface area contributed by atoms with Crippen molar-refractivity contribution in [2.45, 2.75) is 36.9 Å². The number of halogens is 1. The van der Waals surface area contributed by atoms with Crippen LogP contribution in [0.1, 0.15) is 31.7 Å². The molecule has 0 saturated heterocycles. The number of nitrogens with one attached hydrogen (secondary N) is 1. The van der Waals surface area contributed by atoms with Gasteiger partial charge in [-0.3, -0.25) is 4.79 Å². The van der Waals surface area contributed by atoms with E-state index in [9.17, 15) is 9.18 Å². The zero-order valence-electron chi connectivity index (χ0n) is 14.5. The SMILES string of the molecule is O=C(CSc1nnc(-c2ccccc2F)o1)Nc1ccnn1C1CCCC1. The Morgan fingerprint density at radius 1 is 1.26 bits per heavy atom. The topological polar surface area (TPSA) is 85.8 Å². The molecule has 27 heavy (non-hydrogen) atoms. The first-order valence-electron chi connectivity index (χ1n) is 8.75. The highest BCUT2D eigenvalue weighted by Gasteiger charge is 2.21. The molecule has 1 N–H and O–H groups in total. The van der Waals surface area contributed by atoms with E-state index in [1.807, 2.05) is 4.68 Å². The van der Waals surface area contributed by atoms with Gasteiger partial charge in [-0.1, -0.05) is 36.7 Å². The molecule has 0 unspecified atom stereocenters. The second-order valence-electron chi connectivity index (χ2n) is 6.29. The van der Waals surface area contributed by atoms with Crippen LogP contribution in [0.4, 0.5) is 10.2 Å². The lowest BCUT2D eigenvalue weighted by molar-refractivity contribution is -0.113. The first-order chi connectivity index (χ1) is 13.2. The smallest absolute Gasteiger partial charge is 0.277 e. The second-order valence-corrected chi connectivity index (χ2v) is 7.22. The Hall–Kier alpha value is -2.68. The molecule has 140 valence electrons. The number of nitrogens with zero attached hydrogens (tertiary/aromatic N) is 4.